The predicted molar refractivity (Wildman–Crippen MR) is 79.6 cm³/mol. The molecule has 1 nitrogen and oxygen atoms in total. The second kappa shape index (κ2) is 5.74. The van der Waals surface area contributed by atoms with Gasteiger partial charge in [0.1, 0.15) is 11.6 Å². The lowest BCUT2D eigenvalue weighted by Gasteiger charge is -2.18. The Kier molecular flexibility index (Phi) is 4.25. The molecular weight excluding hydrogens is 307 g/mol. The van der Waals surface area contributed by atoms with Gasteiger partial charge in [-0.15, -0.1) is 0 Å². The summed E-state index contributed by atoms with van der Waals surface area (Å²) in [7, 11) is 1.60. The topological polar surface area (TPSA) is 9.23 Å². The van der Waals surface area contributed by atoms with Gasteiger partial charge in [0.2, 0.25) is 0 Å². The van der Waals surface area contributed by atoms with Crippen LogP contribution in [0.5, 0.6) is 5.75 Å². The van der Waals surface area contributed by atoms with Crippen molar-refractivity contribution in [3.05, 3.63) is 64.5 Å². The standard InChI is InChI=1S/C16H16BrFO/c1-10-5-4-6-13(11(10)2)16(17)14-9-12(18)7-8-15(14)19-3/h4-9,16H,1-3H3. The molecule has 0 aliphatic carbocycles. The van der Waals surface area contributed by atoms with Crippen molar-refractivity contribution >= 4 is 15.9 Å². The van der Waals surface area contributed by atoms with Gasteiger partial charge in [-0.3, -0.25) is 0 Å². The second-order valence-electron chi connectivity index (χ2n) is 4.54. The van der Waals surface area contributed by atoms with Crippen LogP contribution in [0.2, 0.25) is 0 Å². The fourth-order valence-corrected chi connectivity index (χ4v) is 2.97. The molecule has 0 amide bonds. The zero-order chi connectivity index (χ0) is 14.0. The van der Waals surface area contributed by atoms with Crippen molar-refractivity contribution in [3.8, 4) is 5.75 Å². The number of ether oxygens (including phenoxy) is 1. The number of alkyl halides is 1. The minimum atomic E-state index is -0.259. The highest BCUT2D eigenvalue weighted by Crippen LogP contribution is 2.38. The van der Waals surface area contributed by atoms with Gasteiger partial charge in [0.15, 0.2) is 0 Å². The van der Waals surface area contributed by atoms with Crippen molar-refractivity contribution in [2.45, 2.75) is 18.7 Å². The summed E-state index contributed by atoms with van der Waals surface area (Å²) in [5, 5.41) is 0. The molecule has 0 saturated heterocycles. The van der Waals surface area contributed by atoms with Gasteiger partial charge >= 0.3 is 0 Å². The first-order valence-corrected chi connectivity index (χ1v) is 6.99. The fraction of sp³-hybridized carbons (Fsp3) is 0.250. The van der Waals surface area contributed by atoms with Crippen LogP contribution in [0, 0.1) is 19.7 Å². The van der Waals surface area contributed by atoms with Gasteiger partial charge in [-0.25, -0.2) is 4.39 Å². The molecule has 0 aromatic heterocycles. The number of hydrogen-bond donors (Lipinski definition) is 0. The third kappa shape index (κ3) is 2.81. The molecule has 0 radical (unpaired) electrons. The third-order valence-corrected chi connectivity index (χ3v) is 4.37. The van der Waals surface area contributed by atoms with Gasteiger partial charge in [0.05, 0.1) is 11.9 Å². The molecule has 0 saturated carbocycles. The van der Waals surface area contributed by atoms with E-state index in [1.807, 2.05) is 12.1 Å². The maximum absolute atomic E-state index is 13.5. The summed E-state index contributed by atoms with van der Waals surface area (Å²) in [5.74, 6) is 0.426. The largest absolute Gasteiger partial charge is 0.496 e. The Morgan fingerprint density at radius 1 is 1.11 bits per heavy atom. The average Bonchev–Trinajstić information content (AvgIpc) is 2.41. The summed E-state index contributed by atoms with van der Waals surface area (Å²) in [4.78, 5) is -0.0851. The van der Waals surface area contributed by atoms with Crippen LogP contribution in [0.25, 0.3) is 0 Å². The van der Waals surface area contributed by atoms with E-state index >= 15 is 0 Å². The van der Waals surface area contributed by atoms with Crippen molar-refractivity contribution in [1.29, 1.82) is 0 Å². The Hall–Kier alpha value is -1.35. The van der Waals surface area contributed by atoms with Crippen molar-refractivity contribution in [3.63, 3.8) is 0 Å². The Morgan fingerprint density at radius 2 is 1.84 bits per heavy atom. The second-order valence-corrected chi connectivity index (χ2v) is 5.45. The number of aryl methyl sites for hydroxylation is 1. The molecule has 0 heterocycles. The van der Waals surface area contributed by atoms with Crippen LogP contribution in [0.15, 0.2) is 36.4 Å². The van der Waals surface area contributed by atoms with Crippen molar-refractivity contribution < 1.29 is 9.13 Å². The molecule has 3 heteroatoms. The molecule has 0 bridgehead atoms. The van der Waals surface area contributed by atoms with Crippen LogP contribution >= 0.6 is 15.9 Å². The third-order valence-electron chi connectivity index (χ3n) is 3.38. The minimum Gasteiger partial charge on any atom is -0.496 e. The van der Waals surface area contributed by atoms with Gasteiger partial charge in [-0.2, -0.15) is 0 Å². The van der Waals surface area contributed by atoms with Crippen LogP contribution in [-0.2, 0) is 0 Å². The quantitative estimate of drug-likeness (QED) is 0.727. The van der Waals surface area contributed by atoms with Crippen molar-refractivity contribution in [2.75, 3.05) is 7.11 Å². The summed E-state index contributed by atoms with van der Waals surface area (Å²) >= 11 is 3.66. The molecule has 2 aromatic carbocycles. The molecule has 0 aliphatic heterocycles. The van der Waals surface area contributed by atoms with E-state index in [1.54, 1.807) is 13.2 Å². The zero-order valence-electron chi connectivity index (χ0n) is 11.2. The summed E-state index contributed by atoms with van der Waals surface area (Å²) < 4.78 is 18.8. The van der Waals surface area contributed by atoms with E-state index in [4.69, 9.17) is 4.74 Å². The molecule has 0 aliphatic rings. The van der Waals surface area contributed by atoms with E-state index in [9.17, 15) is 4.39 Å². The van der Waals surface area contributed by atoms with Crippen LogP contribution in [0.4, 0.5) is 4.39 Å². The first kappa shape index (κ1) is 14.1. The first-order valence-electron chi connectivity index (χ1n) is 6.08. The normalized spacial score (nSPS) is 12.3. The predicted octanol–water partition coefficient (Wildman–Crippen LogP) is 4.94. The average molecular weight is 323 g/mol. The highest BCUT2D eigenvalue weighted by Gasteiger charge is 2.18. The Balaban J connectivity index is 2.52. The number of hydrogen-bond acceptors (Lipinski definition) is 1. The summed E-state index contributed by atoms with van der Waals surface area (Å²) in [6, 6.07) is 10.7. The molecule has 2 rings (SSSR count). The van der Waals surface area contributed by atoms with E-state index in [1.165, 1.54) is 23.3 Å². The zero-order valence-corrected chi connectivity index (χ0v) is 12.8. The Morgan fingerprint density at radius 3 is 2.53 bits per heavy atom. The van der Waals surface area contributed by atoms with E-state index in [-0.39, 0.29) is 10.6 Å². The molecule has 0 N–H and O–H groups in total. The highest BCUT2D eigenvalue weighted by molar-refractivity contribution is 9.09. The SMILES string of the molecule is COc1ccc(F)cc1C(Br)c1cccc(C)c1C. The van der Waals surface area contributed by atoms with Gasteiger partial charge in [0.25, 0.3) is 0 Å². The summed E-state index contributed by atoms with van der Waals surface area (Å²) in [5.41, 5.74) is 4.35. The molecule has 19 heavy (non-hydrogen) atoms. The number of methoxy groups -OCH3 is 1. The molecule has 2 aromatic rings. The van der Waals surface area contributed by atoms with Crippen LogP contribution in [0.3, 0.4) is 0 Å². The molecule has 100 valence electrons. The van der Waals surface area contributed by atoms with Gasteiger partial charge in [-0.1, -0.05) is 34.1 Å². The number of benzene rings is 2. The van der Waals surface area contributed by atoms with E-state index in [2.05, 4.69) is 35.8 Å². The van der Waals surface area contributed by atoms with E-state index < -0.39 is 0 Å². The molecule has 1 atom stereocenters. The molecule has 1 unspecified atom stereocenters. The monoisotopic (exact) mass is 322 g/mol. The Bertz CT molecular complexity index is 595. The van der Waals surface area contributed by atoms with E-state index in [0.717, 1.165) is 11.1 Å². The maximum atomic E-state index is 13.5. The fourth-order valence-electron chi connectivity index (χ4n) is 2.12. The van der Waals surface area contributed by atoms with Crippen LogP contribution in [-0.4, -0.2) is 7.11 Å². The van der Waals surface area contributed by atoms with Gasteiger partial charge < -0.3 is 4.74 Å². The smallest absolute Gasteiger partial charge is 0.123 e. The van der Waals surface area contributed by atoms with Crippen LogP contribution < -0.4 is 4.74 Å². The molecule has 0 fully saturated rings. The number of halogens is 2. The summed E-state index contributed by atoms with van der Waals surface area (Å²) in [6.45, 7) is 4.14. The first-order chi connectivity index (χ1) is 9.04. The minimum absolute atomic E-state index is 0.0851. The lowest BCUT2D eigenvalue weighted by molar-refractivity contribution is 0.409. The lowest BCUT2D eigenvalue weighted by atomic mass is 9.97. The summed E-state index contributed by atoms with van der Waals surface area (Å²) in [6.07, 6.45) is 0. The van der Waals surface area contributed by atoms with Gasteiger partial charge in [-0.05, 0) is 48.7 Å². The van der Waals surface area contributed by atoms with Crippen molar-refractivity contribution in [2.24, 2.45) is 0 Å². The molecule has 0 spiro atoms. The highest BCUT2D eigenvalue weighted by atomic mass is 79.9. The molecular formula is C16H16BrFO. The van der Waals surface area contributed by atoms with E-state index in [0.29, 0.717) is 5.75 Å². The van der Waals surface area contributed by atoms with Crippen molar-refractivity contribution in [1.82, 2.24) is 0 Å². The Labute approximate surface area is 121 Å². The lowest BCUT2D eigenvalue weighted by Crippen LogP contribution is -2.01. The number of rotatable bonds is 3. The maximum Gasteiger partial charge on any atom is 0.123 e. The van der Waals surface area contributed by atoms with Crippen LogP contribution in [0.1, 0.15) is 27.1 Å². The van der Waals surface area contributed by atoms with Gasteiger partial charge in [0, 0.05) is 5.56 Å².